The number of aliphatic hydroxyl groups excluding tert-OH is 1. The van der Waals surface area contributed by atoms with Crippen LogP contribution in [0.5, 0.6) is 0 Å². The lowest BCUT2D eigenvalue weighted by molar-refractivity contribution is -0.119. The van der Waals surface area contributed by atoms with Crippen molar-refractivity contribution < 1.29 is 14.7 Å². The second-order valence-electron chi connectivity index (χ2n) is 6.94. The van der Waals surface area contributed by atoms with E-state index in [1.54, 1.807) is 19.9 Å². The highest BCUT2D eigenvalue weighted by molar-refractivity contribution is 7.22. The Labute approximate surface area is 174 Å². The van der Waals surface area contributed by atoms with Crippen LogP contribution in [0.3, 0.4) is 0 Å². The van der Waals surface area contributed by atoms with Crippen molar-refractivity contribution in [2.75, 3.05) is 4.90 Å². The van der Waals surface area contributed by atoms with Crippen LogP contribution in [-0.4, -0.2) is 21.8 Å². The van der Waals surface area contributed by atoms with Gasteiger partial charge >= 0.3 is 0 Å². The first kappa shape index (κ1) is 19.1. The van der Waals surface area contributed by atoms with Gasteiger partial charge in [0.25, 0.3) is 5.91 Å². The van der Waals surface area contributed by atoms with Crippen molar-refractivity contribution in [2.45, 2.75) is 26.8 Å². The van der Waals surface area contributed by atoms with Gasteiger partial charge in [-0.1, -0.05) is 42.9 Å². The fourth-order valence-electron chi connectivity index (χ4n) is 3.22. The quantitative estimate of drug-likeness (QED) is 0.595. The lowest BCUT2D eigenvalue weighted by Crippen LogP contribution is -2.30. The number of aromatic nitrogens is 1. The van der Waals surface area contributed by atoms with Gasteiger partial charge in [-0.25, -0.2) is 4.98 Å². The van der Waals surface area contributed by atoms with Gasteiger partial charge in [0, 0.05) is 15.8 Å². The molecular weight excluding hydrogens is 416 g/mol. The first-order valence-corrected chi connectivity index (χ1v) is 10.8. The predicted octanol–water partition coefficient (Wildman–Crippen LogP) is 5.44. The van der Waals surface area contributed by atoms with Gasteiger partial charge in [-0.15, -0.1) is 11.3 Å². The van der Waals surface area contributed by atoms with Crippen molar-refractivity contribution in [3.8, 4) is 0 Å². The number of hydrogen-bond donors (Lipinski definition) is 1. The molecule has 1 atom stereocenters. The first-order valence-electron chi connectivity index (χ1n) is 8.70. The molecule has 2 aromatic heterocycles. The third-order valence-corrected chi connectivity index (χ3v) is 7.02. The summed E-state index contributed by atoms with van der Waals surface area (Å²) in [6.45, 7) is 5.41. The summed E-state index contributed by atoms with van der Waals surface area (Å²) in [5.74, 6) is -1.69. The molecule has 0 aliphatic carbocycles. The Balaban J connectivity index is 1.88. The lowest BCUT2D eigenvalue weighted by Gasteiger charge is -2.23. The zero-order valence-corrected chi connectivity index (χ0v) is 17.8. The van der Waals surface area contributed by atoms with Crippen molar-refractivity contribution >= 4 is 61.3 Å². The van der Waals surface area contributed by atoms with Crippen LogP contribution in [0.1, 0.15) is 30.3 Å². The molecule has 1 amide bonds. The number of ketones is 1. The summed E-state index contributed by atoms with van der Waals surface area (Å²) in [6, 6.07) is 6.72. The number of nitrogens with zero attached hydrogens (tertiary/aromatic N) is 2. The maximum absolute atomic E-state index is 13.0. The maximum atomic E-state index is 13.0. The van der Waals surface area contributed by atoms with E-state index in [2.05, 4.69) is 4.98 Å². The zero-order valence-electron chi connectivity index (χ0n) is 15.4. The smallest absolute Gasteiger partial charge is 0.296 e. The number of halogens is 1. The maximum Gasteiger partial charge on any atom is 0.296 e. The number of carbonyl (C=O) groups excluding carboxylic acids is 2. The zero-order chi connectivity index (χ0) is 20.2. The number of rotatable bonds is 4. The summed E-state index contributed by atoms with van der Waals surface area (Å²) in [4.78, 5) is 32.6. The number of hydrogen-bond acceptors (Lipinski definition) is 6. The average Bonchev–Trinajstić information content (AvgIpc) is 3.34. The van der Waals surface area contributed by atoms with Crippen LogP contribution in [-0.2, 0) is 9.59 Å². The molecule has 28 heavy (non-hydrogen) atoms. The summed E-state index contributed by atoms with van der Waals surface area (Å²) in [6.07, 6.45) is 0. The second-order valence-corrected chi connectivity index (χ2v) is 9.34. The van der Waals surface area contributed by atoms with Gasteiger partial charge in [0.05, 0.1) is 15.8 Å². The van der Waals surface area contributed by atoms with E-state index in [4.69, 9.17) is 11.6 Å². The van der Waals surface area contributed by atoms with Gasteiger partial charge in [0.2, 0.25) is 0 Å². The monoisotopic (exact) mass is 432 g/mol. The number of benzene rings is 1. The average molecular weight is 433 g/mol. The SMILES string of the molecule is Cc1cc2sc(N3C(=O)C(O)=C(C(=O)C(C)C)C3c3cccs3)nc2cc1Cl. The summed E-state index contributed by atoms with van der Waals surface area (Å²) in [5.41, 5.74) is 1.73. The van der Waals surface area contributed by atoms with Gasteiger partial charge in [0.1, 0.15) is 6.04 Å². The molecule has 1 aliphatic rings. The van der Waals surface area contributed by atoms with Crippen molar-refractivity contribution in [1.82, 2.24) is 4.98 Å². The number of amides is 1. The number of fused-ring (bicyclic) bond motifs is 1. The third-order valence-electron chi connectivity index (χ3n) is 4.67. The van der Waals surface area contributed by atoms with Crippen molar-refractivity contribution in [2.24, 2.45) is 5.92 Å². The highest BCUT2D eigenvalue weighted by atomic mass is 35.5. The number of aryl methyl sites for hydroxylation is 1. The van der Waals surface area contributed by atoms with Crippen LogP contribution in [0.25, 0.3) is 10.2 Å². The molecule has 4 rings (SSSR count). The van der Waals surface area contributed by atoms with E-state index < -0.39 is 17.7 Å². The number of thiophene rings is 1. The van der Waals surface area contributed by atoms with Crippen LogP contribution >= 0.6 is 34.3 Å². The van der Waals surface area contributed by atoms with Crippen LogP contribution in [0, 0.1) is 12.8 Å². The van der Waals surface area contributed by atoms with E-state index in [9.17, 15) is 14.7 Å². The Morgan fingerprint density at radius 1 is 1.36 bits per heavy atom. The van der Waals surface area contributed by atoms with Gasteiger partial charge < -0.3 is 5.11 Å². The summed E-state index contributed by atoms with van der Waals surface area (Å²) >= 11 is 8.98. The topological polar surface area (TPSA) is 70.5 Å². The number of Topliss-reactive ketones (excluding diaryl/α,β-unsaturated/α-hetero) is 1. The first-order chi connectivity index (χ1) is 13.3. The Hall–Kier alpha value is -2.22. The molecule has 5 nitrogen and oxygen atoms in total. The molecule has 0 saturated carbocycles. The summed E-state index contributed by atoms with van der Waals surface area (Å²) in [7, 11) is 0. The standard InChI is InChI=1S/C20H17ClN2O3S2/c1-9(2)17(24)15-16(13-5-4-6-27-13)23(19(26)18(15)25)20-22-12-8-11(21)10(3)7-14(12)28-20/h4-9,16,25H,1-3H3. The Bertz CT molecular complexity index is 1090. The second kappa shape index (κ2) is 6.99. The molecule has 144 valence electrons. The lowest BCUT2D eigenvalue weighted by atomic mass is 9.95. The van der Waals surface area contributed by atoms with Crippen LogP contribution in [0.15, 0.2) is 41.0 Å². The molecule has 1 unspecified atom stereocenters. The largest absolute Gasteiger partial charge is 0.503 e. The van der Waals surface area contributed by atoms with Crippen molar-refractivity contribution in [1.29, 1.82) is 0 Å². The molecule has 1 aliphatic heterocycles. The van der Waals surface area contributed by atoms with E-state index in [1.165, 1.54) is 27.6 Å². The highest BCUT2D eigenvalue weighted by Crippen LogP contribution is 2.45. The predicted molar refractivity (Wildman–Crippen MR) is 113 cm³/mol. The molecule has 3 heterocycles. The summed E-state index contributed by atoms with van der Waals surface area (Å²) < 4.78 is 0.887. The molecular formula is C20H17ClN2O3S2. The Morgan fingerprint density at radius 2 is 2.11 bits per heavy atom. The van der Waals surface area contributed by atoms with E-state index in [-0.39, 0.29) is 17.3 Å². The van der Waals surface area contributed by atoms with Crippen molar-refractivity contribution in [3.05, 3.63) is 56.4 Å². The fourth-order valence-corrected chi connectivity index (χ4v) is 5.28. The van der Waals surface area contributed by atoms with Gasteiger partial charge in [-0.05, 0) is 36.1 Å². The van der Waals surface area contributed by atoms with Gasteiger partial charge in [-0.2, -0.15) is 0 Å². The van der Waals surface area contributed by atoms with Crippen LogP contribution in [0.4, 0.5) is 5.13 Å². The Kier molecular flexibility index (Phi) is 4.77. The van der Waals surface area contributed by atoms with E-state index >= 15 is 0 Å². The number of thiazole rings is 1. The molecule has 0 bridgehead atoms. The minimum Gasteiger partial charge on any atom is -0.503 e. The number of aliphatic hydroxyl groups is 1. The highest BCUT2D eigenvalue weighted by Gasteiger charge is 2.46. The van der Waals surface area contributed by atoms with E-state index in [0.717, 1.165) is 15.1 Å². The molecule has 8 heteroatoms. The minimum absolute atomic E-state index is 0.135. The van der Waals surface area contributed by atoms with Crippen molar-refractivity contribution in [3.63, 3.8) is 0 Å². The minimum atomic E-state index is -0.681. The summed E-state index contributed by atoms with van der Waals surface area (Å²) in [5, 5.41) is 13.5. The molecule has 1 N–H and O–H groups in total. The van der Waals surface area contributed by atoms with E-state index in [0.29, 0.717) is 15.7 Å². The number of carbonyl (C=O) groups is 2. The number of anilines is 1. The van der Waals surface area contributed by atoms with Gasteiger partial charge in [-0.3, -0.25) is 14.5 Å². The molecule has 0 saturated heterocycles. The van der Waals surface area contributed by atoms with Crippen LogP contribution in [0.2, 0.25) is 5.02 Å². The van der Waals surface area contributed by atoms with Crippen LogP contribution < -0.4 is 4.90 Å². The third kappa shape index (κ3) is 2.94. The molecule has 0 spiro atoms. The molecule has 1 aromatic carbocycles. The molecule has 3 aromatic rings. The Morgan fingerprint density at radius 3 is 2.75 bits per heavy atom. The van der Waals surface area contributed by atoms with Gasteiger partial charge in [0.15, 0.2) is 16.7 Å². The normalized spacial score (nSPS) is 17.4. The molecule has 0 radical (unpaired) electrons. The van der Waals surface area contributed by atoms with E-state index in [1.807, 2.05) is 30.5 Å². The molecule has 0 fully saturated rings. The fraction of sp³-hybridized carbons (Fsp3) is 0.250.